The van der Waals surface area contributed by atoms with Gasteiger partial charge in [-0.3, -0.25) is 0 Å². The van der Waals surface area contributed by atoms with Crippen molar-refractivity contribution in [3.05, 3.63) is 105 Å². The Balaban J connectivity index is 1.38. The van der Waals surface area contributed by atoms with E-state index >= 15 is 8.78 Å². The highest BCUT2D eigenvalue weighted by Gasteiger charge is 2.28. The normalized spacial score (nSPS) is 13.2. The molecule has 0 fully saturated rings. The Morgan fingerprint density at radius 3 is 1.37 bits per heavy atom. The third kappa shape index (κ3) is 3.23. The van der Waals surface area contributed by atoms with Gasteiger partial charge >= 0.3 is 0 Å². The zero-order valence-electron chi connectivity index (χ0n) is 19.1. The van der Waals surface area contributed by atoms with Crippen LogP contribution in [0, 0.1) is 37.1 Å². The van der Waals surface area contributed by atoms with Crippen LogP contribution in [0.5, 0.6) is 11.5 Å². The highest BCUT2D eigenvalue weighted by atomic mass is 19.1. The van der Waals surface area contributed by atoms with E-state index in [1.165, 1.54) is 0 Å². The number of fused-ring (bicyclic) bond motifs is 6. The molecule has 0 atom stereocenters. The monoisotopic (exact) mass is 476 g/mol. The van der Waals surface area contributed by atoms with E-state index in [4.69, 9.17) is 9.47 Å². The summed E-state index contributed by atoms with van der Waals surface area (Å²) in [6, 6.07) is 13.4. The van der Waals surface area contributed by atoms with Crippen molar-refractivity contribution in [2.45, 2.75) is 33.5 Å². The predicted molar refractivity (Wildman–Crippen MR) is 125 cm³/mol. The van der Waals surface area contributed by atoms with Crippen molar-refractivity contribution in [1.82, 2.24) is 0 Å². The highest BCUT2D eigenvalue weighted by Crippen LogP contribution is 2.43. The number of halogens is 4. The number of benzene rings is 4. The molecular weight excluding hydrogens is 456 g/mol. The smallest absolute Gasteiger partial charge is 0.168 e. The van der Waals surface area contributed by atoms with Crippen molar-refractivity contribution in [1.29, 1.82) is 0 Å². The van der Waals surface area contributed by atoms with E-state index < -0.39 is 23.3 Å². The molecule has 0 radical (unpaired) electrons. The first-order valence-corrected chi connectivity index (χ1v) is 11.3. The van der Waals surface area contributed by atoms with Crippen molar-refractivity contribution in [3.8, 4) is 33.8 Å². The zero-order chi connectivity index (χ0) is 24.4. The van der Waals surface area contributed by atoms with Gasteiger partial charge in [0.1, 0.15) is 24.8 Å². The molecule has 0 aromatic heterocycles. The summed E-state index contributed by atoms with van der Waals surface area (Å²) in [5.74, 6) is -1.65. The Morgan fingerprint density at radius 1 is 0.543 bits per heavy atom. The second-order valence-corrected chi connectivity index (χ2v) is 9.03. The molecule has 2 aliphatic rings. The predicted octanol–water partition coefficient (Wildman–Crippen LogP) is 7.57. The summed E-state index contributed by atoms with van der Waals surface area (Å²) in [4.78, 5) is 0. The van der Waals surface area contributed by atoms with E-state index in [9.17, 15) is 8.78 Å². The Bertz CT molecular complexity index is 1430. The minimum atomic E-state index is -0.495. The highest BCUT2D eigenvalue weighted by molar-refractivity contribution is 5.77. The van der Waals surface area contributed by atoms with Gasteiger partial charge in [0.2, 0.25) is 0 Å². The van der Waals surface area contributed by atoms with Gasteiger partial charge in [-0.25, -0.2) is 17.6 Å². The molecule has 0 saturated carbocycles. The number of ether oxygens (including phenoxy) is 2. The second-order valence-electron chi connectivity index (χ2n) is 9.03. The zero-order valence-corrected chi connectivity index (χ0v) is 19.1. The Labute approximate surface area is 199 Å². The molecule has 0 unspecified atom stereocenters. The molecule has 0 bridgehead atoms. The molecule has 0 aliphatic carbocycles. The second kappa shape index (κ2) is 7.87. The van der Waals surface area contributed by atoms with Crippen molar-refractivity contribution in [2.75, 3.05) is 0 Å². The number of hydrogen-bond donors (Lipinski definition) is 0. The molecular formula is C29H20F4O2. The molecule has 0 amide bonds. The minimum Gasteiger partial charge on any atom is -0.485 e. The Hall–Kier alpha value is -3.80. The van der Waals surface area contributed by atoms with E-state index in [1.807, 2.05) is 0 Å². The first-order chi connectivity index (χ1) is 16.8. The summed E-state index contributed by atoms with van der Waals surface area (Å²) < 4.78 is 71.1. The van der Waals surface area contributed by atoms with Gasteiger partial charge in [-0.2, -0.15) is 0 Å². The van der Waals surface area contributed by atoms with Gasteiger partial charge in [0.25, 0.3) is 0 Å². The van der Waals surface area contributed by atoms with Crippen LogP contribution in [0.2, 0.25) is 0 Å². The summed E-state index contributed by atoms with van der Waals surface area (Å²) in [5, 5.41) is 0. The fraction of sp³-hybridized carbons (Fsp3) is 0.172. The lowest BCUT2D eigenvalue weighted by Gasteiger charge is -2.24. The molecule has 4 aromatic rings. The quantitative estimate of drug-likeness (QED) is 0.278. The maximum Gasteiger partial charge on any atom is 0.168 e. The fourth-order valence-corrected chi connectivity index (χ4v) is 4.91. The van der Waals surface area contributed by atoms with Crippen LogP contribution in [0.4, 0.5) is 17.6 Å². The molecule has 4 aromatic carbocycles. The largest absolute Gasteiger partial charge is 0.485 e. The lowest BCUT2D eigenvalue weighted by Crippen LogP contribution is -2.13. The Morgan fingerprint density at radius 2 is 0.943 bits per heavy atom. The van der Waals surface area contributed by atoms with Crippen molar-refractivity contribution >= 4 is 0 Å². The van der Waals surface area contributed by atoms with Gasteiger partial charge < -0.3 is 9.47 Å². The summed E-state index contributed by atoms with van der Waals surface area (Å²) >= 11 is 0. The molecule has 2 heterocycles. The third-order valence-electron chi connectivity index (χ3n) is 6.91. The third-order valence-corrected chi connectivity index (χ3v) is 6.91. The lowest BCUT2D eigenvalue weighted by atomic mass is 9.89. The molecule has 6 heteroatoms. The van der Waals surface area contributed by atoms with Gasteiger partial charge in [-0.15, -0.1) is 0 Å². The summed E-state index contributed by atoms with van der Waals surface area (Å²) in [6.45, 7) is 3.08. The molecule has 0 saturated heterocycles. The number of rotatable bonds is 2. The van der Waals surface area contributed by atoms with Gasteiger partial charge in [0.05, 0.1) is 0 Å². The van der Waals surface area contributed by atoms with E-state index in [0.29, 0.717) is 55.6 Å². The van der Waals surface area contributed by atoms with Crippen LogP contribution >= 0.6 is 0 Å². The maximum absolute atomic E-state index is 15.5. The molecule has 0 spiro atoms. The molecule has 2 aliphatic heterocycles. The standard InChI is InChI=1S/C29H20F4O2/c1-14-3-7-20-18-9-5-16(26(32)22(18)12-34-28(20)24(14)30)11-17-6-10-19-21-8-4-15(2)25(31)29(21)35-13-23(19)27(17)33/h3-10H,11-13H2,1-2H3. The van der Waals surface area contributed by atoms with Crippen LogP contribution in [0.15, 0.2) is 48.5 Å². The first-order valence-electron chi connectivity index (χ1n) is 11.3. The van der Waals surface area contributed by atoms with Gasteiger partial charge in [-0.05, 0) is 47.2 Å². The van der Waals surface area contributed by atoms with Crippen LogP contribution in [-0.4, -0.2) is 0 Å². The number of hydrogen-bond acceptors (Lipinski definition) is 2. The van der Waals surface area contributed by atoms with Gasteiger partial charge in [0, 0.05) is 28.7 Å². The van der Waals surface area contributed by atoms with Crippen molar-refractivity contribution in [2.24, 2.45) is 0 Å². The lowest BCUT2D eigenvalue weighted by molar-refractivity contribution is 0.279. The van der Waals surface area contributed by atoms with Crippen LogP contribution in [0.25, 0.3) is 22.3 Å². The maximum atomic E-state index is 15.5. The topological polar surface area (TPSA) is 18.5 Å². The average molecular weight is 476 g/mol. The molecule has 2 nitrogen and oxygen atoms in total. The minimum absolute atomic E-state index is 0.0163. The van der Waals surface area contributed by atoms with E-state index in [-0.39, 0.29) is 31.1 Å². The molecule has 176 valence electrons. The van der Waals surface area contributed by atoms with E-state index in [2.05, 4.69) is 0 Å². The molecule has 35 heavy (non-hydrogen) atoms. The summed E-state index contributed by atoms with van der Waals surface area (Å²) in [6.07, 6.45) is 0.0163. The summed E-state index contributed by atoms with van der Waals surface area (Å²) in [5.41, 5.74) is 4.30. The average Bonchev–Trinajstić information content (AvgIpc) is 2.86. The first kappa shape index (κ1) is 21.7. The van der Waals surface area contributed by atoms with Gasteiger partial charge in [-0.1, -0.05) is 48.5 Å². The van der Waals surface area contributed by atoms with Crippen LogP contribution in [0.3, 0.4) is 0 Å². The van der Waals surface area contributed by atoms with Crippen LogP contribution in [-0.2, 0) is 19.6 Å². The Kier molecular flexibility index (Phi) is 4.88. The number of aryl methyl sites for hydroxylation is 2. The molecule has 6 rings (SSSR count). The SMILES string of the molecule is Cc1ccc2c(c1F)OCc1c-2ccc(Cc2ccc3c(c2F)COc2c-3ccc(C)c2F)c1F. The van der Waals surface area contributed by atoms with Gasteiger partial charge in [0.15, 0.2) is 23.1 Å². The fourth-order valence-electron chi connectivity index (χ4n) is 4.91. The van der Waals surface area contributed by atoms with Crippen LogP contribution in [0.1, 0.15) is 33.4 Å². The van der Waals surface area contributed by atoms with Crippen LogP contribution < -0.4 is 9.47 Å². The van der Waals surface area contributed by atoms with E-state index in [0.717, 1.165) is 0 Å². The molecule has 0 N–H and O–H groups in total. The van der Waals surface area contributed by atoms with Crippen molar-refractivity contribution in [3.63, 3.8) is 0 Å². The van der Waals surface area contributed by atoms with Crippen molar-refractivity contribution < 1.29 is 27.0 Å². The summed E-state index contributed by atoms with van der Waals surface area (Å²) in [7, 11) is 0. The van der Waals surface area contributed by atoms with E-state index in [1.54, 1.807) is 62.4 Å².